The molecule has 0 amide bonds. The van der Waals surface area contributed by atoms with Gasteiger partial charge in [-0.25, -0.2) is 4.68 Å². The minimum Gasteiger partial charge on any atom is -0.443 e. The third kappa shape index (κ3) is 2.15. The Morgan fingerprint density at radius 3 is 2.94 bits per heavy atom. The maximum absolute atomic E-state index is 10.9. The van der Waals surface area contributed by atoms with Crippen molar-refractivity contribution in [1.82, 2.24) is 9.78 Å². The molecule has 0 spiro atoms. The summed E-state index contributed by atoms with van der Waals surface area (Å²) in [5, 5.41) is 14.9. The van der Waals surface area contributed by atoms with Crippen molar-refractivity contribution in [1.29, 1.82) is 0 Å². The molecule has 0 radical (unpaired) electrons. The van der Waals surface area contributed by atoms with Crippen molar-refractivity contribution in [3.05, 3.63) is 40.8 Å². The number of aryl methyl sites for hydroxylation is 1. The average Bonchev–Trinajstić information content (AvgIpc) is 2.84. The van der Waals surface area contributed by atoms with E-state index in [0.717, 1.165) is 0 Å². The average molecular weight is 249 g/mol. The molecule has 0 aliphatic heterocycles. The Balaban J connectivity index is 2.62. The van der Waals surface area contributed by atoms with Crippen LogP contribution in [0.25, 0.3) is 5.69 Å². The molecule has 2 rings (SSSR count). The number of nitrogens with zero attached hydrogens (tertiary/aromatic N) is 4. The Hall–Kier alpha value is -2.44. The maximum atomic E-state index is 10.9. The van der Waals surface area contributed by atoms with Crippen LogP contribution >= 0.6 is 0 Å². The van der Waals surface area contributed by atoms with Crippen LogP contribution in [0.15, 0.2) is 30.7 Å². The Morgan fingerprint density at radius 2 is 2.39 bits per heavy atom. The van der Waals surface area contributed by atoms with Gasteiger partial charge in [-0.3, -0.25) is 10.1 Å². The van der Waals surface area contributed by atoms with E-state index in [-0.39, 0.29) is 5.69 Å². The van der Waals surface area contributed by atoms with Gasteiger partial charge in [0.25, 0.3) is 0 Å². The fourth-order valence-corrected chi connectivity index (χ4v) is 1.66. The zero-order chi connectivity index (χ0) is 13.1. The molecule has 18 heavy (non-hydrogen) atoms. The van der Waals surface area contributed by atoms with Gasteiger partial charge in [-0.2, -0.15) is 9.67 Å². The first-order valence-corrected chi connectivity index (χ1v) is 5.44. The molecule has 0 unspecified atom stereocenters. The molecule has 94 valence electrons. The van der Waals surface area contributed by atoms with Crippen LogP contribution < -0.4 is 9.30 Å². The molecule has 0 aromatic carbocycles. The van der Waals surface area contributed by atoms with Crippen molar-refractivity contribution in [3.8, 4) is 11.6 Å². The van der Waals surface area contributed by atoms with E-state index in [1.807, 2.05) is 6.92 Å². The molecule has 0 saturated carbocycles. The highest BCUT2D eigenvalue weighted by atomic mass is 16.6. The van der Waals surface area contributed by atoms with Gasteiger partial charge in [0, 0.05) is 12.4 Å². The topological polar surface area (TPSA) is 74.1 Å². The number of rotatable bonds is 4. The van der Waals surface area contributed by atoms with Crippen LogP contribution in [0.4, 0.5) is 5.69 Å². The van der Waals surface area contributed by atoms with Crippen molar-refractivity contribution in [3.63, 3.8) is 0 Å². The summed E-state index contributed by atoms with van der Waals surface area (Å²) in [7, 11) is 1.70. The van der Waals surface area contributed by atoms with Crippen LogP contribution in [0, 0.1) is 10.1 Å². The summed E-state index contributed by atoms with van der Waals surface area (Å²) in [6.07, 6.45) is 4.73. The van der Waals surface area contributed by atoms with Gasteiger partial charge >= 0.3 is 11.6 Å². The van der Waals surface area contributed by atoms with E-state index >= 15 is 0 Å². The first-order valence-electron chi connectivity index (χ1n) is 5.44. The standard InChI is InChI=1S/C11H13N4O3/c1-3-18-11-10(14-6-4-5-12-14)7-9(15(16)17)8-13(11)2/h4-8H,3H2,1-2H3/q+1. The monoisotopic (exact) mass is 249 g/mol. The lowest BCUT2D eigenvalue weighted by Crippen LogP contribution is -2.32. The molecule has 7 nitrogen and oxygen atoms in total. The minimum absolute atomic E-state index is 0.00791. The van der Waals surface area contributed by atoms with Crippen molar-refractivity contribution in [2.75, 3.05) is 6.61 Å². The third-order valence-corrected chi connectivity index (χ3v) is 2.39. The number of hydrogen-bond donors (Lipinski definition) is 0. The van der Waals surface area contributed by atoms with E-state index in [1.54, 1.807) is 30.1 Å². The van der Waals surface area contributed by atoms with E-state index < -0.39 is 4.92 Å². The molecule has 0 aliphatic carbocycles. The molecule has 2 aromatic rings. The highest BCUT2D eigenvalue weighted by Crippen LogP contribution is 2.22. The second-order valence-electron chi connectivity index (χ2n) is 3.64. The van der Waals surface area contributed by atoms with Crippen LogP contribution in [0.2, 0.25) is 0 Å². The second-order valence-corrected chi connectivity index (χ2v) is 3.64. The van der Waals surface area contributed by atoms with Crippen molar-refractivity contribution >= 4 is 5.69 Å². The number of pyridine rings is 1. The second kappa shape index (κ2) is 4.82. The fraction of sp³-hybridized carbons (Fsp3) is 0.273. The summed E-state index contributed by atoms with van der Waals surface area (Å²) in [6.45, 7) is 2.33. The molecular weight excluding hydrogens is 236 g/mol. The molecule has 0 saturated heterocycles. The Morgan fingerprint density at radius 1 is 1.61 bits per heavy atom. The number of hydrogen-bond acceptors (Lipinski definition) is 4. The molecule has 0 fully saturated rings. The van der Waals surface area contributed by atoms with Gasteiger partial charge in [0.15, 0.2) is 5.69 Å². The van der Waals surface area contributed by atoms with Gasteiger partial charge in [-0.1, -0.05) is 0 Å². The van der Waals surface area contributed by atoms with Crippen LogP contribution in [-0.2, 0) is 7.05 Å². The van der Waals surface area contributed by atoms with Gasteiger partial charge in [-0.15, -0.1) is 0 Å². The summed E-state index contributed by atoms with van der Waals surface area (Å²) in [6, 6.07) is 3.19. The zero-order valence-electron chi connectivity index (χ0n) is 10.1. The summed E-state index contributed by atoms with van der Waals surface area (Å²) >= 11 is 0. The van der Waals surface area contributed by atoms with E-state index in [9.17, 15) is 10.1 Å². The lowest BCUT2D eigenvalue weighted by atomic mass is 10.3. The highest BCUT2D eigenvalue weighted by molar-refractivity contribution is 5.44. The molecule has 7 heteroatoms. The van der Waals surface area contributed by atoms with Crippen molar-refractivity contribution < 1.29 is 14.2 Å². The first kappa shape index (κ1) is 12.0. The summed E-state index contributed by atoms with van der Waals surface area (Å²) in [5.74, 6) is 0.534. The van der Waals surface area contributed by atoms with Gasteiger partial charge in [0.2, 0.25) is 6.20 Å². The van der Waals surface area contributed by atoms with E-state index in [0.29, 0.717) is 18.2 Å². The quantitative estimate of drug-likeness (QED) is 0.460. The van der Waals surface area contributed by atoms with Gasteiger partial charge in [-0.05, 0) is 13.0 Å². The minimum atomic E-state index is -0.442. The Labute approximate surface area is 103 Å². The first-order chi connectivity index (χ1) is 8.63. The van der Waals surface area contributed by atoms with E-state index in [2.05, 4.69) is 5.10 Å². The SMILES string of the molecule is CCOc1c(-n2cccn2)cc([N+](=O)[O-])c[n+]1C. The molecule has 0 atom stereocenters. The lowest BCUT2D eigenvalue weighted by molar-refractivity contribution is -0.679. The van der Waals surface area contributed by atoms with Crippen LogP contribution in [0.5, 0.6) is 5.88 Å². The molecule has 2 aromatic heterocycles. The molecule has 2 heterocycles. The molecular formula is C11H13N4O3+. The number of ether oxygens (including phenoxy) is 1. The van der Waals surface area contributed by atoms with Crippen LogP contribution in [0.1, 0.15) is 6.92 Å². The van der Waals surface area contributed by atoms with Gasteiger partial charge < -0.3 is 4.74 Å². The van der Waals surface area contributed by atoms with Gasteiger partial charge in [0.05, 0.1) is 17.6 Å². The van der Waals surface area contributed by atoms with E-state index in [1.165, 1.54) is 16.9 Å². The lowest BCUT2D eigenvalue weighted by Gasteiger charge is -2.06. The van der Waals surface area contributed by atoms with Crippen LogP contribution in [-0.4, -0.2) is 21.3 Å². The van der Waals surface area contributed by atoms with Crippen molar-refractivity contribution in [2.24, 2.45) is 7.05 Å². The Bertz CT molecular complexity index is 566. The summed E-state index contributed by atoms with van der Waals surface area (Å²) in [5.41, 5.74) is 0.532. The fourth-order valence-electron chi connectivity index (χ4n) is 1.66. The Kier molecular flexibility index (Phi) is 3.22. The van der Waals surface area contributed by atoms with Crippen molar-refractivity contribution in [2.45, 2.75) is 6.92 Å². The third-order valence-electron chi connectivity index (χ3n) is 2.39. The van der Waals surface area contributed by atoms with Gasteiger partial charge in [0.1, 0.15) is 7.05 Å². The van der Waals surface area contributed by atoms with E-state index in [4.69, 9.17) is 4.74 Å². The largest absolute Gasteiger partial charge is 0.443 e. The number of nitro groups is 1. The zero-order valence-corrected chi connectivity index (χ0v) is 10.1. The molecule has 0 bridgehead atoms. The smallest absolute Gasteiger partial charge is 0.394 e. The highest BCUT2D eigenvalue weighted by Gasteiger charge is 2.23. The summed E-state index contributed by atoms with van der Waals surface area (Å²) < 4.78 is 8.63. The predicted molar refractivity (Wildman–Crippen MR) is 62.6 cm³/mol. The predicted octanol–water partition coefficient (Wildman–Crippen LogP) is 1.00. The molecule has 0 N–H and O–H groups in total. The van der Waals surface area contributed by atoms with Crippen LogP contribution in [0.3, 0.4) is 0 Å². The molecule has 0 aliphatic rings. The normalized spacial score (nSPS) is 10.3. The number of aromatic nitrogens is 3. The summed E-state index contributed by atoms with van der Waals surface area (Å²) in [4.78, 5) is 10.4. The maximum Gasteiger partial charge on any atom is 0.394 e.